The Labute approximate surface area is 163 Å². The van der Waals surface area contributed by atoms with Crippen LogP contribution >= 0.6 is 11.6 Å². The first-order valence-electron chi connectivity index (χ1n) is 8.48. The highest BCUT2D eigenvalue weighted by Gasteiger charge is 2.27. The molecule has 0 spiro atoms. The van der Waals surface area contributed by atoms with Gasteiger partial charge in [-0.3, -0.25) is 0 Å². The number of carbonyl (C=O) groups excluding carboxylic acids is 1. The van der Waals surface area contributed by atoms with Crippen LogP contribution in [0.2, 0.25) is 5.02 Å². The van der Waals surface area contributed by atoms with E-state index in [0.29, 0.717) is 13.2 Å². The summed E-state index contributed by atoms with van der Waals surface area (Å²) in [6.07, 6.45) is 0. The molecular formula is C19H20ClNO5S. The van der Waals surface area contributed by atoms with Crippen molar-refractivity contribution < 1.29 is 22.7 Å². The first kappa shape index (κ1) is 19.8. The smallest absolute Gasteiger partial charge is 0.340 e. The molecule has 8 heteroatoms. The number of esters is 1. The summed E-state index contributed by atoms with van der Waals surface area (Å²) in [6.45, 7) is 3.27. The van der Waals surface area contributed by atoms with E-state index >= 15 is 0 Å². The summed E-state index contributed by atoms with van der Waals surface area (Å²) in [6, 6.07) is 11.6. The quantitative estimate of drug-likeness (QED) is 0.710. The van der Waals surface area contributed by atoms with Crippen molar-refractivity contribution in [1.29, 1.82) is 0 Å². The van der Waals surface area contributed by atoms with Crippen LogP contribution in [0.4, 0.5) is 0 Å². The molecular weight excluding hydrogens is 390 g/mol. The Morgan fingerprint density at radius 2 is 1.93 bits per heavy atom. The molecule has 6 nitrogen and oxygen atoms in total. The van der Waals surface area contributed by atoms with Crippen molar-refractivity contribution in [3.63, 3.8) is 0 Å². The molecule has 27 heavy (non-hydrogen) atoms. The highest BCUT2D eigenvalue weighted by Crippen LogP contribution is 2.24. The van der Waals surface area contributed by atoms with Crippen molar-refractivity contribution >= 4 is 27.6 Å². The molecule has 1 aliphatic rings. The van der Waals surface area contributed by atoms with Crippen LogP contribution in [0.3, 0.4) is 0 Å². The Morgan fingerprint density at radius 1 is 1.19 bits per heavy atom. The molecule has 0 radical (unpaired) electrons. The zero-order chi connectivity index (χ0) is 19.4. The lowest BCUT2D eigenvalue weighted by Gasteiger charge is -2.26. The lowest BCUT2D eigenvalue weighted by molar-refractivity contribution is 0.0472. The fraction of sp³-hybridized carbons (Fsp3) is 0.316. The third kappa shape index (κ3) is 4.68. The van der Waals surface area contributed by atoms with Gasteiger partial charge in [0.05, 0.1) is 28.7 Å². The van der Waals surface area contributed by atoms with Gasteiger partial charge in [-0.15, -0.1) is 0 Å². The van der Waals surface area contributed by atoms with E-state index < -0.39 is 16.0 Å². The van der Waals surface area contributed by atoms with Gasteiger partial charge < -0.3 is 9.47 Å². The van der Waals surface area contributed by atoms with E-state index in [1.54, 1.807) is 0 Å². The number of benzene rings is 2. The Kier molecular flexibility index (Phi) is 6.16. The third-order valence-corrected chi connectivity index (χ3v) is 6.44. The molecule has 0 aliphatic carbocycles. The van der Waals surface area contributed by atoms with Crippen LogP contribution in [0.15, 0.2) is 47.4 Å². The van der Waals surface area contributed by atoms with Crippen molar-refractivity contribution in [2.75, 3.05) is 26.3 Å². The number of morpholine rings is 1. The van der Waals surface area contributed by atoms with Crippen molar-refractivity contribution in [1.82, 2.24) is 4.31 Å². The van der Waals surface area contributed by atoms with Gasteiger partial charge in [-0.2, -0.15) is 4.31 Å². The summed E-state index contributed by atoms with van der Waals surface area (Å²) in [5.41, 5.74) is 1.93. The molecule has 0 unspecified atom stereocenters. The van der Waals surface area contributed by atoms with Crippen molar-refractivity contribution in [3.8, 4) is 0 Å². The number of ether oxygens (including phenoxy) is 2. The minimum atomic E-state index is -3.72. The molecule has 1 aliphatic heterocycles. The van der Waals surface area contributed by atoms with Gasteiger partial charge in [0.25, 0.3) is 0 Å². The van der Waals surface area contributed by atoms with Gasteiger partial charge in [0.1, 0.15) is 6.61 Å². The van der Waals surface area contributed by atoms with E-state index in [1.165, 1.54) is 22.5 Å². The van der Waals surface area contributed by atoms with Crippen LogP contribution in [0.5, 0.6) is 0 Å². The SMILES string of the molecule is Cc1cccc(COC(=O)c2cc(S(=O)(=O)N3CCOCC3)ccc2Cl)c1. The molecule has 0 saturated carbocycles. The molecule has 0 bridgehead atoms. The number of hydrogen-bond donors (Lipinski definition) is 0. The van der Waals surface area contributed by atoms with Gasteiger partial charge in [-0.25, -0.2) is 13.2 Å². The molecule has 144 valence electrons. The average molecular weight is 410 g/mol. The predicted octanol–water partition coefficient (Wildman–Crippen LogP) is 3.03. The summed E-state index contributed by atoms with van der Waals surface area (Å²) in [4.78, 5) is 12.5. The van der Waals surface area contributed by atoms with Gasteiger partial charge in [0.2, 0.25) is 10.0 Å². The van der Waals surface area contributed by atoms with E-state index in [-0.39, 0.29) is 35.2 Å². The van der Waals surface area contributed by atoms with E-state index in [0.717, 1.165) is 11.1 Å². The molecule has 0 amide bonds. The summed E-state index contributed by atoms with van der Waals surface area (Å²) in [5, 5.41) is 0.144. The molecule has 1 heterocycles. The molecule has 0 aromatic heterocycles. The highest BCUT2D eigenvalue weighted by molar-refractivity contribution is 7.89. The molecule has 1 saturated heterocycles. The zero-order valence-electron chi connectivity index (χ0n) is 14.9. The zero-order valence-corrected chi connectivity index (χ0v) is 16.4. The molecule has 0 N–H and O–H groups in total. The Balaban J connectivity index is 1.79. The maximum absolute atomic E-state index is 12.8. The van der Waals surface area contributed by atoms with Crippen molar-refractivity contribution in [2.24, 2.45) is 0 Å². The van der Waals surface area contributed by atoms with Gasteiger partial charge in [0, 0.05) is 13.1 Å². The number of hydrogen-bond acceptors (Lipinski definition) is 5. The fourth-order valence-electron chi connectivity index (χ4n) is 2.79. The molecule has 0 atom stereocenters. The lowest BCUT2D eigenvalue weighted by atomic mass is 10.1. The Bertz CT molecular complexity index is 939. The second-order valence-electron chi connectivity index (χ2n) is 6.22. The third-order valence-electron chi connectivity index (χ3n) is 4.22. The normalized spacial score (nSPS) is 15.5. The van der Waals surface area contributed by atoms with Crippen LogP contribution < -0.4 is 0 Å². The van der Waals surface area contributed by atoms with E-state index in [1.807, 2.05) is 31.2 Å². The van der Waals surface area contributed by atoms with E-state index in [9.17, 15) is 13.2 Å². The second-order valence-corrected chi connectivity index (χ2v) is 8.57. The molecule has 2 aromatic rings. The standard InChI is InChI=1S/C19H20ClNO5S/c1-14-3-2-4-15(11-14)13-26-19(22)17-12-16(5-6-18(17)20)27(23,24)21-7-9-25-10-8-21/h2-6,11-12H,7-10,13H2,1H3. The summed E-state index contributed by atoms with van der Waals surface area (Å²) < 4.78 is 37.4. The minimum Gasteiger partial charge on any atom is -0.457 e. The number of nitrogens with zero attached hydrogens (tertiary/aromatic N) is 1. The maximum Gasteiger partial charge on any atom is 0.340 e. The van der Waals surface area contributed by atoms with Gasteiger partial charge in [0.15, 0.2) is 0 Å². The Hall–Kier alpha value is -1.93. The lowest BCUT2D eigenvalue weighted by Crippen LogP contribution is -2.40. The topological polar surface area (TPSA) is 72.9 Å². The molecule has 3 rings (SSSR count). The molecule has 1 fully saturated rings. The second kappa shape index (κ2) is 8.39. The van der Waals surface area contributed by atoms with Crippen molar-refractivity contribution in [2.45, 2.75) is 18.4 Å². The van der Waals surface area contributed by atoms with Crippen LogP contribution in [-0.2, 0) is 26.1 Å². The maximum atomic E-state index is 12.8. The monoisotopic (exact) mass is 409 g/mol. The van der Waals surface area contributed by atoms with E-state index in [2.05, 4.69) is 0 Å². The van der Waals surface area contributed by atoms with Gasteiger partial charge in [-0.05, 0) is 30.7 Å². The summed E-state index contributed by atoms with van der Waals surface area (Å²) in [7, 11) is -3.72. The number of sulfonamides is 1. The first-order chi connectivity index (χ1) is 12.9. The fourth-order valence-corrected chi connectivity index (χ4v) is 4.42. The van der Waals surface area contributed by atoms with Gasteiger partial charge in [-0.1, -0.05) is 41.4 Å². The van der Waals surface area contributed by atoms with Crippen LogP contribution in [-0.4, -0.2) is 45.0 Å². The number of aryl methyl sites for hydroxylation is 1. The number of carbonyl (C=O) groups is 1. The van der Waals surface area contributed by atoms with E-state index in [4.69, 9.17) is 21.1 Å². The average Bonchev–Trinajstić information content (AvgIpc) is 2.67. The van der Waals surface area contributed by atoms with Gasteiger partial charge >= 0.3 is 5.97 Å². The molecule has 2 aromatic carbocycles. The van der Waals surface area contributed by atoms with Crippen LogP contribution in [0.25, 0.3) is 0 Å². The largest absolute Gasteiger partial charge is 0.457 e. The summed E-state index contributed by atoms with van der Waals surface area (Å²) >= 11 is 6.10. The summed E-state index contributed by atoms with van der Waals surface area (Å²) in [5.74, 6) is -0.666. The van der Waals surface area contributed by atoms with Crippen LogP contribution in [0, 0.1) is 6.92 Å². The first-order valence-corrected chi connectivity index (χ1v) is 10.3. The highest BCUT2D eigenvalue weighted by atomic mass is 35.5. The van der Waals surface area contributed by atoms with Crippen molar-refractivity contribution in [3.05, 3.63) is 64.2 Å². The number of halogens is 1. The van der Waals surface area contributed by atoms with Crippen LogP contribution in [0.1, 0.15) is 21.5 Å². The predicted molar refractivity (Wildman–Crippen MR) is 101 cm³/mol. The minimum absolute atomic E-state index is 0.0105. The number of rotatable bonds is 5. The Morgan fingerprint density at radius 3 is 2.63 bits per heavy atom.